The summed E-state index contributed by atoms with van der Waals surface area (Å²) in [7, 11) is 0. The molecule has 0 saturated carbocycles. The van der Waals surface area contributed by atoms with Gasteiger partial charge in [-0.05, 0) is 24.1 Å². The summed E-state index contributed by atoms with van der Waals surface area (Å²) in [6.07, 6.45) is 1.50. The minimum atomic E-state index is -0.280. The van der Waals surface area contributed by atoms with Crippen LogP contribution in [0.25, 0.3) is 0 Å². The molecule has 1 heterocycles. The number of anilines is 1. The Balaban J connectivity index is 2.14. The zero-order valence-electron chi connectivity index (χ0n) is 9.10. The van der Waals surface area contributed by atoms with E-state index in [-0.39, 0.29) is 17.7 Å². The molecule has 5 nitrogen and oxygen atoms in total. The van der Waals surface area contributed by atoms with Crippen LogP contribution < -0.4 is 10.6 Å². The molecule has 0 bridgehead atoms. The first-order valence-electron chi connectivity index (χ1n) is 5.34. The van der Waals surface area contributed by atoms with Crippen molar-refractivity contribution in [2.75, 3.05) is 5.32 Å². The van der Waals surface area contributed by atoms with Crippen LogP contribution in [0.1, 0.15) is 24.3 Å². The van der Waals surface area contributed by atoms with E-state index in [2.05, 4.69) is 10.6 Å². The van der Waals surface area contributed by atoms with E-state index in [9.17, 15) is 14.4 Å². The first-order valence-corrected chi connectivity index (χ1v) is 5.34. The molecule has 3 amide bonds. The number of benzene rings is 1. The number of amides is 3. The van der Waals surface area contributed by atoms with Gasteiger partial charge in [-0.1, -0.05) is 12.1 Å². The van der Waals surface area contributed by atoms with Crippen LogP contribution in [0, 0.1) is 0 Å². The number of piperidine rings is 1. The molecule has 1 aromatic carbocycles. The van der Waals surface area contributed by atoms with Gasteiger partial charge >= 0.3 is 0 Å². The lowest BCUT2D eigenvalue weighted by Crippen LogP contribution is -2.39. The summed E-state index contributed by atoms with van der Waals surface area (Å²) in [5.41, 5.74) is 1.53. The summed E-state index contributed by atoms with van der Waals surface area (Å²) in [4.78, 5) is 32.9. The van der Waals surface area contributed by atoms with Crippen LogP contribution in [-0.2, 0) is 14.4 Å². The van der Waals surface area contributed by atoms with Gasteiger partial charge in [-0.25, -0.2) is 0 Å². The van der Waals surface area contributed by atoms with Crippen molar-refractivity contribution in [3.8, 4) is 0 Å². The number of imide groups is 1. The predicted molar refractivity (Wildman–Crippen MR) is 61.3 cm³/mol. The normalized spacial score (nSPS) is 19.6. The summed E-state index contributed by atoms with van der Waals surface area (Å²) in [6.45, 7) is 0. The second kappa shape index (κ2) is 4.78. The highest BCUT2D eigenvalue weighted by atomic mass is 16.2. The van der Waals surface area contributed by atoms with E-state index in [1.165, 1.54) is 0 Å². The average Bonchev–Trinajstić information content (AvgIpc) is 2.31. The summed E-state index contributed by atoms with van der Waals surface area (Å²) in [6, 6.07) is 7.03. The molecule has 1 atom stereocenters. The maximum atomic E-state index is 11.6. The van der Waals surface area contributed by atoms with Crippen LogP contribution in [0.3, 0.4) is 0 Å². The molecule has 0 radical (unpaired) electrons. The SMILES string of the molecule is O=CNc1ccc(C2CCC(=O)NC2=O)cc1. The van der Waals surface area contributed by atoms with Gasteiger partial charge < -0.3 is 5.32 Å². The van der Waals surface area contributed by atoms with Crippen LogP contribution in [0.5, 0.6) is 0 Å². The summed E-state index contributed by atoms with van der Waals surface area (Å²) in [5.74, 6) is -0.749. The van der Waals surface area contributed by atoms with Gasteiger partial charge in [-0.3, -0.25) is 19.7 Å². The second-order valence-electron chi connectivity index (χ2n) is 3.89. The van der Waals surface area contributed by atoms with E-state index >= 15 is 0 Å². The molecular formula is C12H12N2O3. The Bertz CT molecular complexity index is 453. The molecule has 88 valence electrons. The Morgan fingerprint density at radius 1 is 1.24 bits per heavy atom. The van der Waals surface area contributed by atoms with E-state index in [1.807, 2.05) is 0 Å². The Morgan fingerprint density at radius 3 is 2.53 bits per heavy atom. The Morgan fingerprint density at radius 2 is 1.94 bits per heavy atom. The fourth-order valence-electron chi connectivity index (χ4n) is 1.89. The monoisotopic (exact) mass is 232 g/mol. The third kappa shape index (κ3) is 2.50. The first kappa shape index (κ1) is 11.3. The van der Waals surface area contributed by atoms with Gasteiger partial charge in [-0.2, -0.15) is 0 Å². The second-order valence-corrected chi connectivity index (χ2v) is 3.89. The standard InChI is InChI=1S/C12H12N2O3/c15-7-13-9-3-1-8(2-4-9)10-5-6-11(16)14-12(10)17/h1-4,7,10H,5-6H2,(H,13,15)(H,14,16,17). The topological polar surface area (TPSA) is 75.3 Å². The molecule has 1 aromatic rings. The van der Waals surface area contributed by atoms with Crippen LogP contribution in [-0.4, -0.2) is 18.2 Å². The molecule has 1 saturated heterocycles. The molecule has 1 unspecified atom stereocenters. The highest BCUT2D eigenvalue weighted by Gasteiger charge is 2.27. The van der Waals surface area contributed by atoms with Crippen molar-refractivity contribution in [1.82, 2.24) is 5.32 Å². The minimum Gasteiger partial charge on any atom is -0.329 e. The van der Waals surface area contributed by atoms with Crippen molar-refractivity contribution >= 4 is 23.9 Å². The van der Waals surface area contributed by atoms with Gasteiger partial charge in [0.1, 0.15) is 0 Å². The molecule has 5 heteroatoms. The largest absolute Gasteiger partial charge is 0.329 e. The summed E-state index contributed by atoms with van der Waals surface area (Å²) < 4.78 is 0. The van der Waals surface area contributed by atoms with Gasteiger partial charge in [-0.15, -0.1) is 0 Å². The van der Waals surface area contributed by atoms with Gasteiger partial charge in [0.25, 0.3) is 0 Å². The molecule has 2 N–H and O–H groups in total. The number of hydrogen-bond donors (Lipinski definition) is 2. The van der Waals surface area contributed by atoms with Gasteiger partial charge in [0, 0.05) is 12.1 Å². The first-order chi connectivity index (χ1) is 8.20. The van der Waals surface area contributed by atoms with E-state index in [1.54, 1.807) is 24.3 Å². The number of hydrogen-bond acceptors (Lipinski definition) is 3. The molecule has 1 aliphatic heterocycles. The highest BCUT2D eigenvalue weighted by molar-refractivity contribution is 6.00. The maximum Gasteiger partial charge on any atom is 0.234 e. The van der Waals surface area contributed by atoms with E-state index in [4.69, 9.17) is 0 Å². The van der Waals surface area contributed by atoms with Crippen LogP contribution >= 0.6 is 0 Å². The number of nitrogens with one attached hydrogen (secondary N) is 2. The molecule has 0 spiro atoms. The smallest absolute Gasteiger partial charge is 0.234 e. The summed E-state index contributed by atoms with van der Waals surface area (Å²) >= 11 is 0. The molecular weight excluding hydrogens is 220 g/mol. The third-order valence-electron chi connectivity index (χ3n) is 2.78. The highest BCUT2D eigenvalue weighted by Crippen LogP contribution is 2.25. The Labute approximate surface area is 98.2 Å². The average molecular weight is 232 g/mol. The maximum absolute atomic E-state index is 11.6. The Kier molecular flexibility index (Phi) is 3.18. The predicted octanol–water partition coefficient (Wildman–Crippen LogP) is 0.775. The quantitative estimate of drug-likeness (QED) is 0.597. The van der Waals surface area contributed by atoms with Crippen LogP contribution in [0.4, 0.5) is 5.69 Å². The fraction of sp³-hybridized carbons (Fsp3) is 0.250. The molecule has 0 aliphatic carbocycles. The lowest BCUT2D eigenvalue weighted by molar-refractivity contribution is -0.134. The van der Waals surface area contributed by atoms with Crippen molar-refractivity contribution in [2.45, 2.75) is 18.8 Å². The molecule has 0 aromatic heterocycles. The molecule has 2 rings (SSSR count). The van der Waals surface area contributed by atoms with Gasteiger partial charge in [0.05, 0.1) is 5.92 Å². The van der Waals surface area contributed by atoms with Crippen LogP contribution in [0.2, 0.25) is 0 Å². The van der Waals surface area contributed by atoms with E-state index in [0.29, 0.717) is 24.9 Å². The van der Waals surface area contributed by atoms with Crippen molar-refractivity contribution in [1.29, 1.82) is 0 Å². The number of carbonyl (C=O) groups excluding carboxylic acids is 3. The van der Waals surface area contributed by atoms with Gasteiger partial charge in [0.15, 0.2) is 0 Å². The lowest BCUT2D eigenvalue weighted by atomic mass is 9.90. The van der Waals surface area contributed by atoms with Gasteiger partial charge in [0.2, 0.25) is 18.2 Å². The molecule has 1 aliphatic rings. The number of carbonyl (C=O) groups is 3. The summed E-state index contributed by atoms with van der Waals surface area (Å²) in [5, 5.41) is 4.84. The minimum absolute atomic E-state index is 0.217. The van der Waals surface area contributed by atoms with Crippen molar-refractivity contribution in [3.05, 3.63) is 29.8 Å². The molecule has 17 heavy (non-hydrogen) atoms. The van der Waals surface area contributed by atoms with Crippen molar-refractivity contribution in [3.63, 3.8) is 0 Å². The fourth-order valence-corrected chi connectivity index (χ4v) is 1.89. The number of rotatable bonds is 3. The van der Waals surface area contributed by atoms with Crippen LogP contribution in [0.15, 0.2) is 24.3 Å². The lowest BCUT2D eigenvalue weighted by Gasteiger charge is -2.21. The van der Waals surface area contributed by atoms with E-state index in [0.717, 1.165) is 5.56 Å². The van der Waals surface area contributed by atoms with Crippen molar-refractivity contribution < 1.29 is 14.4 Å². The zero-order valence-corrected chi connectivity index (χ0v) is 9.10. The van der Waals surface area contributed by atoms with E-state index < -0.39 is 0 Å². The van der Waals surface area contributed by atoms with Crippen molar-refractivity contribution in [2.24, 2.45) is 0 Å². The third-order valence-corrected chi connectivity index (χ3v) is 2.78. The zero-order chi connectivity index (χ0) is 12.3. The molecule has 1 fully saturated rings. The Hall–Kier alpha value is -2.17.